The van der Waals surface area contributed by atoms with E-state index in [9.17, 15) is 14.9 Å². The SMILES string of the molecule is CC(=O)ON1c2c(cccc2[N+](=O)[O-])C=CC1C. The molecule has 0 saturated carbocycles. The molecule has 0 saturated heterocycles. The van der Waals surface area contributed by atoms with Gasteiger partial charge in [-0.2, -0.15) is 5.06 Å². The highest BCUT2D eigenvalue weighted by Crippen LogP contribution is 2.37. The average molecular weight is 248 g/mol. The standard InChI is InChI=1S/C12H12N2O4/c1-8-6-7-10-4-3-5-11(14(16)17)12(10)13(8)18-9(2)15/h3-8H,1-2H3. The Morgan fingerprint density at radius 3 is 2.83 bits per heavy atom. The Morgan fingerprint density at radius 1 is 1.50 bits per heavy atom. The Balaban J connectivity index is 2.57. The van der Waals surface area contributed by atoms with Crippen LogP contribution >= 0.6 is 0 Å². The van der Waals surface area contributed by atoms with Gasteiger partial charge >= 0.3 is 5.97 Å². The molecule has 2 rings (SSSR count). The molecule has 18 heavy (non-hydrogen) atoms. The van der Waals surface area contributed by atoms with Crippen LogP contribution in [0.15, 0.2) is 24.3 Å². The van der Waals surface area contributed by atoms with Crippen molar-refractivity contribution in [2.45, 2.75) is 19.9 Å². The third-order valence-electron chi connectivity index (χ3n) is 2.61. The first-order chi connectivity index (χ1) is 8.50. The monoisotopic (exact) mass is 248 g/mol. The van der Waals surface area contributed by atoms with Gasteiger partial charge in [0.2, 0.25) is 0 Å². The number of nitrogens with zero attached hydrogens (tertiary/aromatic N) is 2. The number of nitro benzene ring substituents is 1. The van der Waals surface area contributed by atoms with E-state index in [1.807, 2.05) is 6.08 Å². The number of benzene rings is 1. The molecule has 0 aromatic heterocycles. The van der Waals surface area contributed by atoms with E-state index in [2.05, 4.69) is 0 Å². The van der Waals surface area contributed by atoms with E-state index in [4.69, 9.17) is 4.84 Å². The van der Waals surface area contributed by atoms with Crippen LogP contribution < -0.4 is 5.06 Å². The van der Waals surface area contributed by atoms with Crippen molar-refractivity contribution in [3.8, 4) is 0 Å². The third kappa shape index (κ3) is 2.04. The lowest BCUT2D eigenvalue weighted by Gasteiger charge is -2.30. The molecule has 0 bridgehead atoms. The van der Waals surface area contributed by atoms with Crippen molar-refractivity contribution in [3.63, 3.8) is 0 Å². The van der Waals surface area contributed by atoms with Gasteiger partial charge in [-0.25, -0.2) is 0 Å². The number of hydroxylamine groups is 1. The average Bonchev–Trinajstić information content (AvgIpc) is 2.31. The van der Waals surface area contributed by atoms with E-state index >= 15 is 0 Å². The first-order valence-corrected chi connectivity index (χ1v) is 5.44. The van der Waals surface area contributed by atoms with E-state index in [1.54, 1.807) is 25.1 Å². The third-order valence-corrected chi connectivity index (χ3v) is 2.61. The summed E-state index contributed by atoms with van der Waals surface area (Å²) in [4.78, 5) is 26.7. The largest absolute Gasteiger partial charge is 0.340 e. The molecule has 1 heterocycles. The molecule has 1 aromatic rings. The van der Waals surface area contributed by atoms with E-state index < -0.39 is 10.9 Å². The lowest BCUT2D eigenvalue weighted by atomic mass is 10.0. The summed E-state index contributed by atoms with van der Waals surface area (Å²) in [5, 5.41) is 12.3. The van der Waals surface area contributed by atoms with Crippen LogP contribution in [0.5, 0.6) is 0 Å². The number of carbonyl (C=O) groups excluding carboxylic acids is 1. The normalized spacial score (nSPS) is 17.2. The summed E-state index contributed by atoms with van der Waals surface area (Å²) in [5.74, 6) is -0.513. The molecule has 0 N–H and O–H groups in total. The van der Waals surface area contributed by atoms with Gasteiger partial charge in [-0.15, -0.1) is 0 Å². The van der Waals surface area contributed by atoms with E-state index in [1.165, 1.54) is 18.1 Å². The predicted molar refractivity (Wildman–Crippen MR) is 65.8 cm³/mol. The minimum atomic E-state index is -0.513. The van der Waals surface area contributed by atoms with Crippen molar-refractivity contribution in [3.05, 3.63) is 40.0 Å². The fraction of sp³-hybridized carbons (Fsp3) is 0.250. The number of rotatable bonds is 2. The van der Waals surface area contributed by atoms with Crippen LogP contribution in [-0.2, 0) is 9.63 Å². The highest BCUT2D eigenvalue weighted by atomic mass is 16.7. The number of anilines is 1. The van der Waals surface area contributed by atoms with Crippen LogP contribution in [0.3, 0.4) is 0 Å². The second kappa shape index (κ2) is 4.48. The van der Waals surface area contributed by atoms with Crippen molar-refractivity contribution in [1.29, 1.82) is 0 Å². The number of nitro groups is 1. The minimum absolute atomic E-state index is 0.0787. The zero-order valence-electron chi connectivity index (χ0n) is 9.99. The molecule has 1 atom stereocenters. The number of fused-ring (bicyclic) bond motifs is 1. The maximum absolute atomic E-state index is 11.1. The maximum atomic E-state index is 11.1. The van der Waals surface area contributed by atoms with Crippen LogP contribution in [0.2, 0.25) is 0 Å². The molecule has 0 spiro atoms. The van der Waals surface area contributed by atoms with Crippen LogP contribution in [0.25, 0.3) is 6.08 Å². The zero-order chi connectivity index (χ0) is 13.3. The number of carbonyl (C=O) groups is 1. The maximum Gasteiger partial charge on any atom is 0.329 e. The summed E-state index contributed by atoms with van der Waals surface area (Å²) < 4.78 is 0. The molecule has 0 radical (unpaired) electrons. The van der Waals surface area contributed by atoms with Crippen molar-refractivity contribution >= 4 is 23.4 Å². The van der Waals surface area contributed by atoms with Gasteiger partial charge in [-0.3, -0.25) is 14.9 Å². The molecule has 0 fully saturated rings. The van der Waals surface area contributed by atoms with Gasteiger partial charge in [0, 0.05) is 18.6 Å². The van der Waals surface area contributed by atoms with Crippen molar-refractivity contribution in [2.75, 3.05) is 5.06 Å². The van der Waals surface area contributed by atoms with Gasteiger partial charge in [0.1, 0.15) is 0 Å². The van der Waals surface area contributed by atoms with Gasteiger partial charge in [0.25, 0.3) is 5.69 Å². The molecular weight excluding hydrogens is 236 g/mol. The molecule has 1 aromatic carbocycles. The fourth-order valence-electron chi connectivity index (χ4n) is 1.86. The molecule has 1 aliphatic rings. The zero-order valence-corrected chi connectivity index (χ0v) is 9.99. The Morgan fingerprint density at radius 2 is 2.22 bits per heavy atom. The predicted octanol–water partition coefficient (Wildman–Crippen LogP) is 2.29. The second-order valence-corrected chi connectivity index (χ2v) is 3.98. The van der Waals surface area contributed by atoms with Crippen molar-refractivity contribution in [2.24, 2.45) is 0 Å². The molecular formula is C12H12N2O4. The van der Waals surface area contributed by atoms with E-state index in [0.717, 1.165) is 0 Å². The summed E-state index contributed by atoms with van der Waals surface area (Å²) in [6, 6.07) is 4.48. The quantitative estimate of drug-likeness (QED) is 0.593. The topological polar surface area (TPSA) is 72.7 Å². The van der Waals surface area contributed by atoms with Crippen LogP contribution in [-0.4, -0.2) is 16.9 Å². The highest BCUT2D eigenvalue weighted by molar-refractivity contribution is 5.80. The fourth-order valence-corrected chi connectivity index (χ4v) is 1.86. The summed E-state index contributed by atoms with van der Waals surface area (Å²) in [6.45, 7) is 3.05. The number of para-hydroxylation sites is 1. The Hall–Kier alpha value is -2.37. The molecule has 1 unspecified atom stereocenters. The van der Waals surface area contributed by atoms with Gasteiger partial charge in [0.15, 0.2) is 5.69 Å². The molecule has 1 aliphatic heterocycles. The lowest BCUT2D eigenvalue weighted by molar-refractivity contribution is -0.384. The Labute approximate surface area is 104 Å². The Bertz CT molecular complexity index is 539. The van der Waals surface area contributed by atoms with Gasteiger partial charge in [0.05, 0.1) is 11.0 Å². The number of hydrogen-bond donors (Lipinski definition) is 0. The summed E-state index contributed by atoms with van der Waals surface area (Å²) in [7, 11) is 0. The molecule has 0 amide bonds. The van der Waals surface area contributed by atoms with Gasteiger partial charge < -0.3 is 4.84 Å². The van der Waals surface area contributed by atoms with Gasteiger partial charge in [-0.1, -0.05) is 24.3 Å². The van der Waals surface area contributed by atoms with Crippen LogP contribution in [0.1, 0.15) is 19.4 Å². The summed E-state index contributed by atoms with van der Waals surface area (Å²) >= 11 is 0. The first-order valence-electron chi connectivity index (χ1n) is 5.44. The highest BCUT2D eigenvalue weighted by Gasteiger charge is 2.29. The van der Waals surface area contributed by atoms with Crippen molar-refractivity contribution in [1.82, 2.24) is 0 Å². The van der Waals surface area contributed by atoms with Crippen molar-refractivity contribution < 1.29 is 14.6 Å². The molecule has 6 nitrogen and oxygen atoms in total. The second-order valence-electron chi connectivity index (χ2n) is 3.98. The number of hydrogen-bond acceptors (Lipinski definition) is 5. The Kier molecular flexibility index (Phi) is 3.01. The van der Waals surface area contributed by atoms with E-state index in [0.29, 0.717) is 11.3 Å². The van der Waals surface area contributed by atoms with Crippen LogP contribution in [0.4, 0.5) is 11.4 Å². The van der Waals surface area contributed by atoms with E-state index in [-0.39, 0.29) is 11.7 Å². The summed E-state index contributed by atoms with van der Waals surface area (Å²) in [5.41, 5.74) is 0.890. The minimum Gasteiger partial charge on any atom is -0.340 e. The van der Waals surface area contributed by atoms with Crippen LogP contribution in [0, 0.1) is 10.1 Å². The summed E-state index contributed by atoms with van der Waals surface area (Å²) in [6.07, 6.45) is 3.60. The first kappa shape index (κ1) is 12.1. The smallest absolute Gasteiger partial charge is 0.329 e. The lowest BCUT2D eigenvalue weighted by Crippen LogP contribution is -2.36. The molecule has 94 valence electrons. The molecule has 6 heteroatoms. The van der Waals surface area contributed by atoms with Gasteiger partial charge in [-0.05, 0) is 6.92 Å². The molecule has 0 aliphatic carbocycles.